The molecule has 0 aliphatic carbocycles. The molecule has 0 aliphatic heterocycles. The molecule has 0 unspecified atom stereocenters. The second-order valence-electron chi connectivity index (χ2n) is 2.75. The first-order chi connectivity index (χ1) is 6.83. The number of ether oxygens (including phenoxy) is 1. The summed E-state index contributed by atoms with van der Waals surface area (Å²) in [7, 11) is 1.38. The Bertz CT molecular complexity index is 431. The maximum atomic E-state index is 11.4. The molecule has 14 heavy (non-hydrogen) atoms. The van der Waals surface area contributed by atoms with Gasteiger partial charge in [0.15, 0.2) is 0 Å². The van der Waals surface area contributed by atoms with Gasteiger partial charge in [0, 0.05) is 22.8 Å². The Morgan fingerprint density at radius 1 is 1.50 bits per heavy atom. The predicted molar refractivity (Wildman–Crippen MR) is 55.4 cm³/mol. The van der Waals surface area contributed by atoms with Crippen molar-refractivity contribution < 1.29 is 9.53 Å². The standard InChI is InChI=1S/C10H9NO2S/c1-13-10(12)8-6-11-5-7(8)9-3-2-4-14-9/h2-6,11H,1H3. The Morgan fingerprint density at radius 3 is 3.00 bits per heavy atom. The average Bonchev–Trinajstić information content (AvgIpc) is 2.85. The molecule has 3 nitrogen and oxygen atoms in total. The molecule has 2 aromatic rings. The van der Waals surface area contributed by atoms with E-state index >= 15 is 0 Å². The van der Waals surface area contributed by atoms with E-state index in [0.29, 0.717) is 5.56 Å². The van der Waals surface area contributed by atoms with E-state index in [1.807, 2.05) is 17.5 Å². The Labute approximate surface area is 85.3 Å². The third-order valence-electron chi connectivity index (χ3n) is 1.94. The van der Waals surface area contributed by atoms with Crippen LogP contribution in [0.4, 0.5) is 0 Å². The van der Waals surface area contributed by atoms with Gasteiger partial charge in [0.05, 0.1) is 12.7 Å². The zero-order valence-corrected chi connectivity index (χ0v) is 8.43. The lowest BCUT2D eigenvalue weighted by Gasteiger charge is -1.98. The van der Waals surface area contributed by atoms with E-state index in [0.717, 1.165) is 10.4 Å². The second kappa shape index (κ2) is 3.67. The minimum absolute atomic E-state index is 0.311. The van der Waals surface area contributed by atoms with Gasteiger partial charge >= 0.3 is 5.97 Å². The van der Waals surface area contributed by atoms with E-state index in [1.54, 1.807) is 23.7 Å². The highest BCUT2D eigenvalue weighted by molar-refractivity contribution is 7.13. The summed E-state index contributed by atoms with van der Waals surface area (Å²) in [6, 6.07) is 3.92. The van der Waals surface area contributed by atoms with Gasteiger partial charge in [-0.25, -0.2) is 4.79 Å². The Kier molecular flexibility index (Phi) is 2.37. The molecule has 2 rings (SSSR count). The van der Waals surface area contributed by atoms with Gasteiger partial charge in [-0.05, 0) is 11.4 Å². The van der Waals surface area contributed by atoms with Gasteiger partial charge in [0.25, 0.3) is 0 Å². The largest absolute Gasteiger partial charge is 0.465 e. The smallest absolute Gasteiger partial charge is 0.340 e. The van der Waals surface area contributed by atoms with Crippen LogP contribution in [-0.2, 0) is 4.74 Å². The number of hydrogen-bond acceptors (Lipinski definition) is 3. The minimum Gasteiger partial charge on any atom is -0.465 e. The van der Waals surface area contributed by atoms with Crippen LogP contribution >= 0.6 is 11.3 Å². The third kappa shape index (κ3) is 1.44. The van der Waals surface area contributed by atoms with Crippen molar-refractivity contribution in [3.8, 4) is 10.4 Å². The van der Waals surface area contributed by atoms with Crippen molar-refractivity contribution in [1.82, 2.24) is 4.98 Å². The first-order valence-electron chi connectivity index (χ1n) is 4.12. The fourth-order valence-corrected chi connectivity index (χ4v) is 2.04. The van der Waals surface area contributed by atoms with Crippen molar-refractivity contribution in [1.29, 1.82) is 0 Å². The number of carbonyl (C=O) groups is 1. The van der Waals surface area contributed by atoms with Crippen molar-refractivity contribution in [2.45, 2.75) is 0 Å². The summed E-state index contributed by atoms with van der Waals surface area (Å²) < 4.78 is 4.68. The highest BCUT2D eigenvalue weighted by atomic mass is 32.1. The van der Waals surface area contributed by atoms with Gasteiger partial charge in [-0.3, -0.25) is 0 Å². The number of aromatic amines is 1. The molecular weight excluding hydrogens is 198 g/mol. The van der Waals surface area contributed by atoms with Crippen LogP contribution < -0.4 is 0 Å². The minimum atomic E-state index is -0.311. The van der Waals surface area contributed by atoms with Crippen LogP contribution in [0, 0.1) is 0 Å². The van der Waals surface area contributed by atoms with Crippen LogP contribution in [0.15, 0.2) is 29.9 Å². The van der Waals surface area contributed by atoms with Crippen LogP contribution in [0.25, 0.3) is 10.4 Å². The third-order valence-corrected chi connectivity index (χ3v) is 2.84. The number of thiophene rings is 1. The zero-order valence-electron chi connectivity index (χ0n) is 7.61. The molecular formula is C10H9NO2S. The molecule has 2 heterocycles. The maximum Gasteiger partial charge on any atom is 0.340 e. The number of nitrogens with one attached hydrogen (secondary N) is 1. The van der Waals surface area contributed by atoms with Gasteiger partial charge < -0.3 is 9.72 Å². The Morgan fingerprint density at radius 2 is 2.36 bits per heavy atom. The van der Waals surface area contributed by atoms with Crippen molar-refractivity contribution in [2.75, 3.05) is 7.11 Å². The SMILES string of the molecule is COC(=O)c1c[nH]cc1-c1cccs1. The number of rotatable bonds is 2. The fourth-order valence-electron chi connectivity index (χ4n) is 1.28. The van der Waals surface area contributed by atoms with Crippen LogP contribution in [0.5, 0.6) is 0 Å². The van der Waals surface area contributed by atoms with E-state index in [9.17, 15) is 4.79 Å². The maximum absolute atomic E-state index is 11.4. The van der Waals surface area contributed by atoms with E-state index in [1.165, 1.54) is 7.11 Å². The molecule has 0 atom stereocenters. The molecule has 0 aromatic carbocycles. The number of esters is 1. The monoisotopic (exact) mass is 207 g/mol. The molecule has 4 heteroatoms. The molecule has 0 radical (unpaired) electrons. The topological polar surface area (TPSA) is 42.1 Å². The highest BCUT2D eigenvalue weighted by Crippen LogP contribution is 2.28. The lowest BCUT2D eigenvalue weighted by Crippen LogP contribution is -2.00. The van der Waals surface area contributed by atoms with Crippen LogP contribution in [0.3, 0.4) is 0 Å². The van der Waals surface area contributed by atoms with Crippen LogP contribution in [0.1, 0.15) is 10.4 Å². The first kappa shape index (κ1) is 9.02. The second-order valence-corrected chi connectivity index (χ2v) is 3.70. The number of carbonyl (C=O) groups excluding carboxylic acids is 1. The summed E-state index contributed by atoms with van der Waals surface area (Å²) in [5.41, 5.74) is 1.47. The fraction of sp³-hybridized carbons (Fsp3) is 0.100. The van der Waals surface area contributed by atoms with Crippen LogP contribution in [0.2, 0.25) is 0 Å². The molecule has 0 aliphatic rings. The summed E-state index contributed by atoms with van der Waals surface area (Å²) in [5.74, 6) is -0.311. The lowest BCUT2D eigenvalue weighted by atomic mass is 10.2. The Balaban J connectivity index is 2.45. The highest BCUT2D eigenvalue weighted by Gasteiger charge is 2.14. The number of hydrogen-bond donors (Lipinski definition) is 1. The predicted octanol–water partition coefficient (Wildman–Crippen LogP) is 2.53. The molecule has 2 aromatic heterocycles. The van der Waals surface area contributed by atoms with Crippen molar-refractivity contribution in [3.63, 3.8) is 0 Å². The lowest BCUT2D eigenvalue weighted by molar-refractivity contribution is 0.0602. The van der Waals surface area contributed by atoms with E-state index in [4.69, 9.17) is 0 Å². The van der Waals surface area contributed by atoms with Gasteiger partial charge in [-0.15, -0.1) is 11.3 Å². The molecule has 0 saturated carbocycles. The summed E-state index contributed by atoms with van der Waals surface area (Å²) in [5, 5.41) is 1.98. The molecule has 72 valence electrons. The van der Waals surface area contributed by atoms with E-state index < -0.39 is 0 Å². The van der Waals surface area contributed by atoms with Crippen molar-refractivity contribution in [2.24, 2.45) is 0 Å². The molecule has 0 amide bonds. The van der Waals surface area contributed by atoms with Gasteiger partial charge in [-0.2, -0.15) is 0 Å². The molecule has 1 N–H and O–H groups in total. The number of methoxy groups -OCH3 is 1. The summed E-state index contributed by atoms with van der Waals surface area (Å²) in [6.45, 7) is 0. The number of aromatic nitrogens is 1. The molecule has 0 spiro atoms. The number of H-pyrrole nitrogens is 1. The molecule has 0 bridgehead atoms. The van der Waals surface area contributed by atoms with E-state index in [-0.39, 0.29) is 5.97 Å². The van der Waals surface area contributed by atoms with E-state index in [2.05, 4.69) is 9.72 Å². The average molecular weight is 207 g/mol. The van der Waals surface area contributed by atoms with Crippen LogP contribution in [-0.4, -0.2) is 18.1 Å². The van der Waals surface area contributed by atoms with Gasteiger partial charge in [0.1, 0.15) is 0 Å². The molecule has 0 saturated heterocycles. The summed E-state index contributed by atoms with van der Waals surface area (Å²) >= 11 is 1.59. The van der Waals surface area contributed by atoms with Gasteiger partial charge in [-0.1, -0.05) is 6.07 Å². The quantitative estimate of drug-likeness (QED) is 0.769. The zero-order chi connectivity index (χ0) is 9.97. The van der Waals surface area contributed by atoms with Crippen molar-refractivity contribution in [3.05, 3.63) is 35.5 Å². The first-order valence-corrected chi connectivity index (χ1v) is 5.00. The Hall–Kier alpha value is -1.55. The summed E-state index contributed by atoms with van der Waals surface area (Å²) in [4.78, 5) is 15.3. The summed E-state index contributed by atoms with van der Waals surface area (Å²) in [6.07, 6.45) is 3.46. The van der Waals surface area contributed by atoms with Gasteiger partial charge in [0.2, 0.25) is 0 Å². The normalized spacial score (nSPS) is 10.1. The van der Waals surface area contributed by atoms with Crippen molar-refractivity contribution >= 4 is 17.3 Å². The molecule has 0 fully saturated rings.